The number of benzene rings is 1. The highest BCUT2D eigenvalue weighted by atomic mass is 19.1. The fourth-order valence-electron chi connectivity index (χ4n) is 4.50. The Morgan fingerprint density at radius 2 is 1.80 bits per heavy atom. The van der Waals surface area contributed by atoms with Gasteiger partial charge in [-0.05, 0) is 48.1 Å². The fourth-order valence-corrected chi connectivity index (χ4v) is 4.50. The summed E-state index contributed by atoms with van der Waals surface area (Å²) in [5.74, 6) is 0.132. The molecule has 0 atom stereocenters. The predicted octanol–water partition coefficient (Wildman–Crippen LogP) is 3.35. The normalized spacial score (nSPS) is 18.1. The summed E-state index contributed by atoms with van der Waals surface area (Å²) in [5, 5.41) is 0. The van der Waals surface area contributed by atoms with Gasteiger partial charge in [-0.15, -0.1) is 0 Å². The molecule has 2 aliphatic rings. The molecule has 2 aromatic rings. The van der Waals surface area contributed by atoms with Crippen molar-refractivity contribution >= 4 is 12.0 Å². The van der Waals surface area contributed by atoms with Crippen LogP contribution in [-0.2, 0) is 29.0 Å². The third-order valence-electron chi connectivity index (χ3n) is 6.15. The number of halogens is 1. The van der Waals surface area contributed by atoms with Gasteiger partial charge in [0.15, 0.2) is 0 Å². The first-order valence-corrected chi connectivity index (χ1v) is 10.3. The van der Waals surface area contributed by atoms with E-state index in [0.29, 0.717) is 45.4 Å². The SMILES string of the molecule is O=C(OCCF)N1CCC2(CC1)Cc1ccccc1CN(Cc1ccncc1)C2=O. The predicted molar refractivity (Wildman–Crippen MR) is 109 cm³/mol. The van der Waals surface area contributed by atoms with E-state index >= 15 is 0 Å². The Hall–Kier alpha value is -2.96. The van der Waals surface area contributed by atoms with E-state index in [1.165, 1.54) is 11.1 Å². The summed E-state index contributed by atoms with van der Waals surface area (Å²) in [6.07, 6.45) is 4.78. The minimum atomic E-state index is -0.692. The van der Waals surface area contributed by atoms with Crippen molar-refractivity contribution in [2.24, 2.45) is 5.41 Å². The summed E-state index contributed by atoms with van der Waals surface area (Å²) in [6.45, 7) is 1.04. The average molecular weight is 411 g/mol. The van der Waals surface area contributed by atoms with Crippen LogP contribution in [0.3, 0.4) is 0 Å². The average Bonchev–Trinajstić information content (AvgIpc) is 2.89. The second-order valence-electron chi connectivity index (χ2n) is 8.03. The van der Waals surface area contributed by atoms with Crippen LogP contribution in [0.4, 0.5) is 9.18 Å². The zero-order valence-corrected chi connectivity index (χ0v) is 16.9. The van der Waals surface area contributed by atoms with Crippen molar-refractivity contribution in [2.45, 2.75) is 32.4 Å². The van der Waals surface area contributed by atoms with Gasteiger partial charge in [0, 0.05) is 38.6 Å². The van der Waals surface area contributed by atoms with E-state index in [9.17, 15) is 14.0 Å². The van der Waals surface area contributed by atoms with Crippen LogP contribution in [0.15, 0.2) is 48.8 Å². The number of likely N-dealkylation sites (tertiary alicyclic amines) is 1. The Morgan fingerprint density at radius 3 is 2.50 bits per heavy atom. The summed E-state index contributed by atoms with van der Waals surface area (Å²) in [5.41, 5.74) is 2.86. The first-order chi connectivity index (χ1) is 14.6. The van der Waals surface area contributed by atoms with Gasteiger partial charge in [-0.25, -0.2) is 9.18 Å². The van der Waals surface area contributed by atoms with E-state index in [4.69, 9.17) is 4.74 Å². The maximum absolute atomic E-state index is 13.8. The lowest BCUT2D eigenvalue weighted by molar-refractivity contribution is -0.145. The van der Waals surface area contributed by atoms with Gasteiger partial charge in [0.1, 0.15) is 13.3 Å². The van der Waals surface area contributed by atoms with E-state index < -0.39 is 18.2 Å². The summed E-state index contributed by atoms with van der Waals surface area (Å²) in [7, 11) is 0. The number of ether oxygens (including phenoxy) is 1. The van der Waals surface area contributed by atoms with E-state index in [-0.39, 0.29) is 12.5 Å². The molecule has 1 spiro atoms. The number of carbonyl (C=O) groups is 2. The highest BCUT2D eigenvalue weighted by Gasteiger charge is 2.46. The first-order valence-electron chi connectivity index (χ1n) is 10.3. The first kappa shape index (κ1) is 20.3. The van der Waals surface area contributed by atoms with Crippen LogP contribution in [0, 0.1) is 5.41 Å². The number of aromatic nitrogens is 1. The largest absolute Gasteiger partial charge is 0.447 e. The van der Waals surface area contributed by atoms with Crippen molar-refractivity contribution in [1.29, 1.82) is 0 Å². The monoisotopic (exact) mass is 411 g/mol. The summed E-state index contributed by atoms with van der Waals surface area (Å²) in [4.78, 5) is 33.5. The molecule has 3 heterocycles. The molecular formula is C23H26FN3O3. The standard InChI is InChI=1S/C23H26FN3O3/c24-9-14-30-22(29)26-12-7-23(8-13-26)15-19-3-1-2-4-20(19)17-27(21(23)28)16-18-5-10-25-11-6-18/h1-6,10-11H,7-9,12-17H2. The number of hydrogen-bond donors (Lipinski definition) is 0. The highest BCUT2D eigenvalue weighted by molar-refractivity contribution is 5.84. The van der Waals surface area contributed by atoms with Gasteiger partial charge < -0.3 is 14.5 Å². The maximum atomic E-state index is 13.8. The molecule has 4 rings (SSSR count). The lowest BCUT2D eigenvalue weighted by atomic mass is 9.73. The van der Waals surface area contributed by atoms with Crippen LogP contribution >= 0.6 is 0 Å². The molecule has 2 aliphatic heterocycles. The molecular weight excluding hydrogens is 385 g/mol. The second-order valence-corrected chi connectivity index (χ2v) is 8.03. The number of fused-ring (bicyclic) bond motifs is 1. The number of carbonyl (C=O) groups excluding carboxylic acids is 2. The molecule has 1 saturated heterocycles. The van der Waals surface area contributed by atoms with E-state index in [0.717, 1.165) is 5.56 Å². The summed E-state index contributed by atoms with van der Waals surface area (Å²) >= 11 is 0. The molecule has 1 aromatic heterocycles. The summed E-state index contributed by atoms with van der Waals surface area (Å²) in [6, 6.07) is 12.1. The molecule has 7 heteroatoms. The highest BCUT2D eigenvalue weighted by Crippen LogP contribution is 2.41. The molecule has 1 aromatic carbocycles. The van der Waals surface area contributed by atoms with Gasteiger partial charge in [-0.2, -0.15) is 0 Å². The summed E-state index contributed by atoms with van der Waals surface area (Å²) < 4.78 is 17.2. The molecule has 1 fully saturated rings. The Kier molecular flexibility index (Phi) is 5.97. The van der Waals surface area contributed by atoms with E-state index in [1.54, 1.807) is 17.3 Å². The number of amides is 2. The third kappa shape index (κ3) is 4.15. The number of pyridine rings is 1. The topological polar surface area (TPSA) is 62.7 Å². The van der Waals surface area contributed by atoms with Crippen LogP contribution in [0.5, 0.6) is 0 Å². The zero-order valence-electron chi connectivity index (χ0n) is 16.9. The number of piperidine rings is 1. The van der Waals surface area contributed by atoms with E-state index in [2.05, 4.69) is 17.1 Å². The Morgan fingerprint density at radius 1 is 1.10 bits per heavy atom. The van der Waals surface area contributed by atoms with Gasteiger partial charge in [0.05, 0.1) is 5.41 Å². The van der Waals surface area contributed by atoms with Crippen molar-refractivity contribution in [1.82, 2.24) is 14.8 Å². The Bertz CT molecular complexity index is 898. The Balaban J connectivity index is 1.57. The van der Waals surface area contributed by atoms with Crippen LogP contribution in [0.2, 0.25) is 0 Å². The minimum absolute atomic E-state index is 0.132. The molecule has 0 aliphatic carbocycles. The lowest BCUT2D eigenvalue weighted by Gasteiger charge is -2.41. The third-order valence-corrected chi connectivity index (χ3v) is 6.15. The molecule has 30 heavy (non-hydrogen) atoms. The maximum Gasteiger partial charge on any atom is 0.409 e. The molecule has 158 valence electrons. The number of rotatable bonds is 4. The van der Waals surface area contributed by atoms with Crippen molar-refractivity contribution in [3.05, 3.63) is 65.5 Å². The van der Waals surface area contributed by atoms with Gasteiger partial charge in [0.2, 0.25) is 5.91 Å². The van der Waals surface area contributed by atoms with Crippen molar-refractivity contribution in [3.8, 4) is 0 Å². The van der Waals surface area contributed by atoms with Crippen molar-refractivity contribution < 1.29 is 18.7 Å². The van der Waals surface area contributed by atoms with Crippen molar-refractivity contribution in [3.63, 3.8) is 0 Å². The molecule has 0 saturated carbocycles. The quantitative estimate of drug-likeness (QED) is 0.774. The number of hydrogen-bond acceptors (Lipinski definition) is 4. The van der Waals surface area contributed by atoms with Gasteiger partial charge in [-0.1, -0.05) is 24.3 Å². The van der Waals surface area contributed by atoms with Gasteiger partial charge in [0.25, 0.3) is 0 Å². The van der Waals surface area contributed by atoms with Crippen LogP contribution in [-0.4, -0.2) is 53.2 Å². The van der Waals surface area contributed by atoms with Gasteiger partial charge in [-0.3, -0.25) is 9.78 Å². The smallest absolute Gasteiger partial charge is 0.409 e. The van der Waals surface area contributed by atoms with E-state index in [1.807, 2.05) is 29.2 Å². The molecule has 2 amide bonds. The molecule has 6 nitrogen and oxygen atoms in total. The zero-order chi connectivity index (χ0) is 21.0. The Labute approximate surface area is 175 Å². The van der Waals surface area contributed by atoms with Crippen LogP contribution in [0.1, 0.15) is 29.5 Å². The minimum Gasteiger partial charge on any atom is -0.447 e. The molecule has 0 radical (unpaired) electrons. The number of nitrogens with zero attached hydrogens (tertiary/aromatic N) is 3. The van der Waals surface area contributed by atoms with Crippen molar-refractivity contribution in [2.75, 3.05) is 26.4 Å². The van der Waals surface area contributed by atoms with Crippen LogP contribution in [0.25, 0.3) is 0 Å². The van der Waals surface area contributed by atoms with Gasteiger partial charge >= 0.3 is 6.09 Å². The molecule has 0 N–H and O–H groups in total. The second kappa shape index (κ2) is 8.81. The molecule has 0 bridgehead atoms. The number of alkyl halides is 1. The fraction of sp³-hybridized carbons (Fsp3) is 0.435. The molecule has 0 unspecified atom stereocenters. The van der Waals surface area contributed by atoms with Crippen LogP contribution < -0.4 is 0 Å². The lowest BCUT2D eigenvalue weighted by Crippen LogP contribution is -2.51.